The van der Waals surface area contributed by atoms with Crippen LogP contribution in [0.2, 0.25) is 0 Å². The van der Waals surface area contributed by atoms with Crippen LogP contribution in [0.1, 0.15) is 41.8 Å². The fraction of sp³-hybridized carbons (Fsp3) is 0.308. The molecule has 0 aliphatic rings. The molecule has 0 amide bonds. The fourth-order valence-corrected chi connectivity index (χ4v) is 2.19. The molecular weight excluding hydrogens is 260 g/mol. The van der Waals surface area contributed by atoms with Crippen molar-refractivity contribution in [3.8, 4) is 6.07 Å². The number of aromatic nitrogens is 1. The van der Waals surface area contributed by atoms with Gasteiger partial charge in [-0.1, -0.05) is 13.8 Å². The first-order valence-electron chi connectivity index (χ1n) is 5.85. The van der Waals surface area contributed by atoms with E-state index in [0.717, 1.165) is 10.4 Å². The van der Waals surface area contributed by atoms with Crippen LogP contribution >= 0.6 is 11.3 Å². The molecule has 0 saturated heterocycles. The van der Waals surface area contributed by atoms with Gasteiger partial charge in [0.1, 0.15) is 6.07 Å². The smallest absolute Gasteiger partial charge is 0.252 e. The van der Waals surface area contributed by atoms with Crippen LogP contribution in [-0.2, 0) is 0 Å². The fourth-order valence-electron chi connectivity index (χ4n) is 1.40. The molecule has 0 aromatic carbocycles. The predicted octanol–water partition coefficient (Wildman–Crippen LogP) is 3.49. The molecule has 0 unspecified atom stereocenters. The number of aryl methyl sites for hydroxylation is 1. The second-order valence-electron chi connectivity index (χ2n) is 4.33. The van der Waals surface area contributed by atoms with Crippen LogP contribution in [0.25, 0.3) is 0 Å². The molecule has 2 aromatic rings. The maximum Gasteiger partial charge on any atom is 0.252 e. The van der Waals surface area contributed by atoms with E-state index in [1.807, 2.05) is 38.3 Å². The molecule has 0 bridgehead atoms. The van der Waals surface area contributed by atoms with Crippen LogP contribution in [0, 0.1) is 18.3 Å². The number of anilines is 1. The number of nitrogens with zero attached hydrogens (tertiary/aromatic N) is 3. The van der Waals surface area contributed by atoms with Crippen LogP contribution in [-0.4, -0.2) is 11.2 Å². The quantitative estimate of drug-likeness (QED) is 0.684. The van der Waals surface area contributed by atoms with Crippen molar-refractivity contribution in [3.63, 3.8) is 0 Å². The molecule has 6 heteroatoms. The first-order chi connectivity index (χ1) is 9.11. The molecule has 0 spiro atoms. The van der Waals surface area contributed by atoms with Crippen molar-refractivity contribution >= 4 is 23.4 Å². The normalized spacial score (nSPS) is 11.1. The summed E-state index contributed by atoms with van der Waals surface area (Å²) in [6.45, 7) is 5.92. The third kappa shape index (κ3) is 3.01. The predicted molar refractivity (Wildman–Crippen MR) is 75.6 cm³/mol. The van der Waals surface area contributed by atoms with E-state index in [9.17, 15) is 0 Å². The summed E-state index contributed by atoms with van der Waals surface area (Å²) in [6, 6.07) is 4.01. The third-order valence-electron chi connectivity index (χ3n) is 2.49. The van der Waals surface area contributed by atoms with Crippen LogP contribution in [0.4, 0.5) is 5.88 Å². The van der Waals surface area contributed by atoms with E-state index in [1.165, 1.54) is 0 Å². The van der Waals surface area contributed by atoms with Gasteiger partial charge in [-0.2, -0.15) is 10.4 Å². The van der Waals surface area contributed by atoms with E-state index < -0.39 is 0 Å². The molecule has 0 saturated carbocycles. The Labute approximate surface area is 115 Å². The average Bonchev–Trinajstić information content (AvgIpc) is 2.96. The summed E-state index contributed by atoms with van der Waals surface area (Å²) in [4.78, 5) is 5.16. The summed E-state index contributed by atoms with van der Waals surface area (Å²) in [5, 5.41) is 15.1. The molecule has 1 N–H and O–H groups in total. The van der Waals surface area contributed by atoms with Gasteiger partial charge in [0, 0.05) is 10.8 Å². The first kappa shape index (κ1) is 13.3. The Morgan fingerprint density at radius 1 is 1.58 bits per heavy atom. The molecule has 0 fully saturated rings. The van der Waals surface area contributed by atoms with Gasteiger partial charge in [-0.25, -0.2) is 10.4 Å². The minimum absolute atomic E-state index is 0.131. The first-order valence-corrected chi connectivity index (χ1v) is 6.73. The van der Waals surface area contributed by atoms with Gasteiger partial charge in [0.2, 0.25) is 11.6 Å². The van der Waals surface area contributed by atoms with Gasteiger partial charge in [-0.05, 0) is 23.9 Å². The van der Waals surface area contributed by atoms with Crippen LogP contribution in [0.3, 0.4) is 0 Å². The maximum atomic E-state index is 8.98. The zero-order chi connectivity index (χ0) is 13.8. The Bertz CT molecular complexity index is 633. The van der Waals surface area contributed by atoms with Gasteiger partial charge in [0.15, 0.2) is 0 Å². The van der Waals surface area contributed by atoms with Crippen LogP contribution in [0.5, 0.6) is 0 Å². The lowest BCUT2D eigenvalue weighted by Crippen LogP contribution is -1.91. The standard InChI is InChI=1S/C13H14N4OS/c1-8(2)12-16-10(6-14)13(18-12)17-15-7-11-9(3)4-5-19-11/h4-5,7-8,17H,1-3H3. The number of thiophene rings is 1. The number of rotatable bonds is 4. The van der Waals surface area contributed by atoms with E-state index in [0.29, 0.717) is 5.89 Å². The highest BCUT2D eigenvalue weighted by atomic mass is 32.1. The summed E-state index contributed by atoms with van der Waals surface area (Å²) in [6.07, 6.45) is 1.71. The number of nitriles is 1. The SMILES string of the molecule is Cc1ccsc1C=NNc1oc(C(C)C)nc1C#N. The van der Waals surface area contributed by atoms with Crippen LogP contribution in [0.15, 0.2) is 21.0 Å². The van der Waals surface area contributed by atoms with Gasteiger partial charge >= 0.3 is 0 Å². The van der Waals surface area contributed by atoms with Crippen molar-refractivity contribution in [3.05, 3.63) is 33.5 Å². The third-order valence-corrected chi connectivity index (χ3v) is 3.45. The number of hydrogen-bond donors (Lipinski definition) is 1. The summed E-state index contributed by atoms with van der Waals surface area (Å²) in [7, 11) is 0. The minimum Gasteiger partial charge on any atom is -0.422 e. The van der Waals surface area contributed by atoms with Crippen molar-refractivity contribution in [1.29, 1.82) is 5.26 Å². The van der Waals surface area contributed by atoms with Crippen molar-refractivity contribution in [2.75, 3.05) is 5.43 Å². The Morgan fingerprint density at radius 3 is 2.95 bits per heavy atom. The zero-order valence-electron chi connectivity index (χ0n) is 11.0. The maximum absolute atomic E-state index is 8.98. The number of nitrogens with one attached hydrogen (secondary N) is 1. The summed E-state index contributed by atoms with van der Waals surface area (Å²) in [5.41, 5.74) is 4.12. The average molecular weight is 274 g/mol. The van der Waals surface area contributed by atoms with E-state index >= 15 is 0 Å². The van der Waals surface area contributed by atoms with Crippen molar-refractivity contribution in [1.82, 2.24) is 4.98 Å². The van der Waals surface area contributed by atoms with Crippen molar-refractivity contribution in [2.45, 2.75) is 26.7 Å². The van der Waals surface area contributed by atoms with Crippen molar-refractivity contribution in [2.24, 2.45) is 5.10 Å². The highest BCUT2D eigenvalue weighted by Gasteiger charge is 2.14. The Kier molecular flexibility index (Phi) is 3.97. The lowest BCUT2D eigenvalue weighted by atomic mass is 10.2. The Hall–Kier alpha value is -2.13. The molecular formula is C13H14N4OS. The highest BCUT2D eigenvalue weighted by molar-refractivity contribution is 7.11. The van der Waals surface area contributed by atoms with Gasteiger partial charge in [0.25, 0.3) is 5.88 Å². The Morgan fingerprint density at radius 2 is 2.37 bits per heavy atom. The summed E-state index contributed by atoms with van der Waals surface area (Å²) >= 11 is 1.60. The molecule has 0 aliphatic heterocycles. The summed E-state index contributed by atoms with van der Waals surface area (Å²) < 4.78 is 5.46. The molecule has 0 atom stereocenters. The number of hydrazone groups is 1. The van der Waals surface area contributed by atoms with Crippen molar-refractivity contribution < 1.29 is 4.42 Å². The molecule has 2 aromatic heterocycles. The lowest BCUT2D eigenvalue weighted by molar-refractivity contribution is 0.481. The van der Waals surface area contributed by atoms with Gasteiger partial charge in [0.05, 0.1) is 6.21 Å². The second kappa shape index (κ2) is 5.67. The Balaban J connectivity index is 2.13. The summed E-state index contributed by atoms with van der Waals surface area (Å²) in [5.74, 6) is 0.949. The van der Waals surface area contributed by atoms with E-state index in [1.54, 1.807) is 17.6 Å². The highest BCUT2D eigenvalue weighted by Crippen LogP contribution is 2.22. The van der Waals surface area contributed by atoms with Gasteiger partial charge < -0.3 is 4.42 Å². The van der Waals surface area contributed by atoms with E-state index in [-0.39, 0.29) is 17.5 Å². The van der Waals surface area contributed by atoms with Gasteiger partial charge in [-0.3, -0.25) is 0 Å². The molecule has 0 aliphatic carbocycles. The number of oxazole rings is 1. The molecule has 0 radical (unpaired) electrons. The molecule has 5 nitrogen and oxygen atoms in total. The lowest BCUT2D eigenvalue weighted by Gasteiger charge is -1.96. The largest absolute Gasteiger partial charge is 0.422 e. The zero-order valence-corrected chi connectivity index (χ0v) is 11.8. The molecule has 2 rings (SSSR count). The molecule has 2 heterocycles. The van der Waals surface area contributed by atoms with Crippen LogP contribution < -0.4 is 5.43 Å². The van der Waals surface area contributed by atoms with Gasteiger partial charge in [-0.15, -0.1) is 11.3 Å². The monoisotopic (exact) mass is 274 g/mol. The molecule has 19 heavy (non-hydrogen) atoms. The number of hydrogen-bond acceptors (Lipinski definition) is 6. The topological polar surface area (TPSA) is 74.2 Å². The van der Waals surface area contributed by atoms with E-state index in [2.05, 4.69) is 15.5 Å². The second-order valence-corrected chi connectivity index (χ2v) is 5.28. The molecule has 98 valence electrons. The van der Waals surface area contributed by atoms with E-state index in [4.69, 9.17) is 9.68 Å². The minimum atomic E-state index is 0.131.